The van der Waals surface area contributed by atoms with Crippen molar-refractivity contribution in [3.05, 3.63) is 106 Å². The second-order valence-electron chi connectivity index (χ2n) is 14.8. The molecule has 0 aromatic heterocycles. The standard InChI is InChI=1S/C39H50O6/c1-37(2,3)31-16-10-28(11-17-31)34(40)43-24-22-27(26-45-36(42)30-14-20-33(21-15-30)39(7,8)9)23-25-44-35(41)29-12-18-32(19-13-29)38(4,5)6/h10-21,27H,22-26H2,1-9H3. The smallest absolute Gasteiger partial charge is 0.338 e. The SMILES string of the molecule is CC(C)(C)c1ccc(C(=O)OCCC(CCOC(=O)c2ccc(C(C)(C)C)cc2)COC(=O)c2ccc(C(C)(C)C)cc2)cc1. The molecule has 0 fully saturated rings. The Kier molecular flexibility index (Phi) is 11.8. The zero-order valence-electron chi connectivity index (χ0n) is 28.5. The average Bonchev–Trinajstić information content (AvgIpc) is 2.98. The molecule has 0 N–H and O–H groups in total. The predicted molar refractivity (Wildman–Crippen MR) is 179 cm³/mol. The molecule has 0 heterocycles. The molecule has 6 heteroatoms. The van der Waals surface area contributed by atoms with E-state index in [1.54, 1.807) is 36.4 Å². The van der Waals surface area contributed by atoms with E-state index in [0.717, 1.165) is 16.7 Å². The van der Waals surface area contributed by atoms with Crippen molar-refractivity contribution in [1.29, 1.82) is 0 Å². The van der Waals surface area contributed by atoms with Gasteiger partial charge in [0.15, 0.2) is 0 Å². The molecule has 0 saturated heterocycles. The van der Waals surface area contributed by atoms with Gasteiger partial charge in [-0.15, -0.1) is 0 Å². The lowest BCUT2D eigenvalue weighted by Crippen LogP contribution is -2.20. The van der Waals surface area contributed by atoms with Gasteiger partial charge in [-0.25, -0.2) is 14.4 Å². The number of hydrogen-bond donors (Lipinski definition) is 0. The van der Waals surface area contributed by atoms with Crippen LogP contribution in [0.4, 0.5) is 0 Å². The quantitative estimate of drug-likeness (QED) is 0.159. The molecule has 0 radical (unpaired) electrons. The van der Waals surface area contributed by atoms with Gasteiger partial charge in [-0.3, -0.25) is 0 Å². The third-order valence-corrected chi connectivity index (χ3v) is 7.93. The molecule has 0 saturated carbocycles. The fraction of sp³-hybridized carbons (Fsp3) is 0.462. The minimum Gasteiger partial charge on any atom is -0.462 e. The Hall–Kier alpha value is -3.93. The Morgan fingerprint density at radius 2 is 0.733 bits per heavy atom. The van der Waals surface area contributed by atoms with E-state index >= 15 is 0 Å². The summed E-state index contributed by atoms with van der Waals surface area (Å²) in [5.74, 6) is -1.42. The van der Waals surface area contributed by atoms with Crippen LogP contribution in [0.3, 0.4) is 0 Å². The van der Waals surface area contributed by atoms with E-state index in [-0.39, 0.29) is 42.0 Å². The largest absolute Gasteiger partial charge is 0.462 e. The summed E-state index contributed by atoms with van der Waals surface area (Å²) in [4.78, 5) is 38.3. The summed E-state index contributed by atoms with van der Waals surface area (Å²) in [6.07, 6.45) is 0.889. The summed E-state index contributed by atoms with van der Waals surface area (Å²) < 4.78 is 16.8. The first-order chi connectivity index (χ1) is 20.9. The molecule has 0 amide bonds. The topological polar surface area (TPSA) is 78.9 Å². The Balaban J connectivity index is 1.60. The highest BCUT2D eigenvalue weighted by Crippen LogP contribution is 2.25. The third-order valence-electron chi connectivity index (χ3n) is 7.93. The second-order valence-corrected chi connectivity index (χ2v) is 14.8. The van der Waals surface area contributed by atoms with Gasteiger partial charge in [0.2, 0.25) is 0 Å². The van der Waals surface area contributed by atoms with E-state index in [1.807, 2.05) is 36.4 Å². The first kappa shape index (κ1) is 35.5. The first-order valence-corrected chi connectivity index (χ1v) is 15.8. The van der Waals surface area contributed by atoms with Gasteiger partial charge in [0, 0.05) is 0 Å². The molecule has 3 aromatic carbocycles. The number of ether oxygens (including phenoxy) is 3. The fourth-order valence-corrected chi connectivity index (χ4v) is 4.71. The number of rotatable bonds is 11. The maximum Gasteiger partial charge on any atom is 0.338 e. The summed E-state index contributed by atoms with van der Waals surface area (Å²) in [5, 5.41) is 0. The molecule has 0 spiro atoms. The van der Waals surface area contributed by atoms with Gasteiger partial charge in [0.1, 0.15) is 0 Å². The van der Waals surface area contributed by atoms with E-state index < -0.39 is 17.9 Å². The lowest BCUT2D eigenvalue weighted by Gasteiger charge is -2.20. The van der Waals surface area contributed by atoms with Crippen LogP contribution in [0.2, 0.25) is 0 Å². The molecular formula is C39H50O6. The lowest BCUT2D eigenvalue weighted by atomic mass is 9.87. The molecule has 45 heavy (non-hydrogen) atoms. The van der Waals surface area contributed by atoms with Crippen LogP contribution in [0.15, 0.2) is 72.8 Å². The number of hydrogen-bond acceptors (Lipinski definition) is 6. The summed E-state index contributed by atoms with van der Waals surface area (Å²) in [5.41, 5.74) is 4.78. The predicted octanol–water partition coefficient (Wildman–Crippen LogP) is 8.85. The van der Waals surface area contributed by atoms with Gasteiger partial charge in [0.25, 0.3) is 0 Å². The highest BCUT2D eigenvalue weighted by molar-refractivity contribution is 5.90. The number of carbonyl (C=O) groups excluding carboxylic acids is 3. The monoisotopic (exact) mass is 614 g/mol. The van der Waals surface area contributed by atoms with E-state index in [9.17, 15) is 14.4 Å². The van der Waals surface area contributed by atoms with Crippen molar-refractivity contribution < 1.29 is 28.6 Å². The normalized spacial score (nSPS) is 12.1. The van der Waals surface area contributed by atoms with Crippen LogP contribution >= 0.6 is 0 Å². The molecule has 3 aromatic rings. The molecule has 0 unspecified atom stereocenters. The van der Waals surface area contributed by atoms with E-state index in [1.165, 1.54) is 0 Å². The van der Waals surface area contributed by atoms with Crippen LogP contribution < -0.4 is 0 Å². The van der Waals surface area contributed by atoms with Crippen molar-refractivity contribution in [2.24, 2.45) is 5.92 Å². The molecule has 0 aliphatic rings. The van der Waals surface area contributed by atoms with Crippen LogP contribution in [0.5, 0.6) is 0 Å². The van der Waals surface area contributed by atoms with Crippen LogP contribution in [0.1, 0.15) is 123 Å². The molecule has 6 nitrogen and oxygen atoms in total. The lowest BCUT2D eigenvalue weighted by molar-refractivity contribution is 0.0284. The summed E-state index contributed by atoms with van der Waals surface area (Å²) in [6, 6.07) is 22.3. The van der Waals surface area contributed by atoms with Gasteiger partial charge in [-0.1, -0.05) is 98.7 Å². The molecule has 0 bridgehead atoms. The fourth-order valence-electron chi connectivity index (χ4n) is 4.71. The van der Waals surface area contributed by atoms with Crippen LogP contribution in [-0.2, 0) is 30.5 Å². The Labute approximate surface area is 269 Å². The minimum atomic E-state index is -0.424. The highest BCUT2D eigenvalue weighted by atomic mass is 16.5. The zero-order valence-corrected chi connectivity index (χ0v) is 28.5. The van der Waals surface area contributed by atoms with Crippen molar-refractivity contribution in [1.82, 2.24) is 0 Å². The maximum absolute atomic E-state index is 12.8. The van der Waals surface area contributed by atoms with Gasteiger partial charge >= 0.3 is 17.9 Å². The maximum atomic E-state index is 12.8. The van der Waals surface area contributed by atoms with Crippen molar-refractivity contribution in [3.63, 3.8) is 0 Å². The van der Waals surface area contributed by atoms with Crippen molar-refractivity contribution >= 4 is 17.9 Å². The van der Waals surface area contributed by atoms with Crippen molar-refractivity contribution in [2.75, 3.05) is 19.8 Å². The Morgan fingerprint density at radius 3 is 1.00 bits per heavy atom. The molecule has 0 aliphatic carbocycles. The van der Waals surface area contributed by atoms with Crippen LogP contribution in [-0.4, -0.2) is 37.7 Å². The van der Waals surface area contributed by atoms with Crippen molar-refractivity contribution in [3.8, 4) is 0 Å². The number of carbonyl (C=O) groups is 3. The molecule has 0 aliphatic heterocycles. The van der Waals surface area contributed by atoms with Gasteiger partial charge in [-0.2, -0.15) is 0 Å². The first-order valence-electron chi connectivity index (χ1n) is 15.8. The molecule has 242 valence electrons. The third kappa shape index (κ3) is 10.9. The average molecular weight is 615 g/mol. The summed E-state index contributed by atoms with van der Waals surface area (Å²) in [6.45, 7) is 19.5. The van der Waals surface area contributed by atoms with Crippen molar-refractivity contribution in [2.45, 2.75) is 91.4 Å². The van der Waals surface area contributed by atoms with Crippen LogP contribution in [0.25, 0.3) is 0 Å². The van der Waals surface area contributed by atoms with Gasteiger partial charge in [0.05, 0.1) is 36.5 Å². The Morgan fingerprint density at radius 1 is 0.467 bits per heavy atom. The zero-order chi connectivity index (χ0) is 33.4. The molecule has 0 atom stereocenters. The number of benzene rings is 3. The summed E-state index contributed by atoms with van der Waals surface area (Å²) >= 11 is 0. The molecular weight excluding hydrogens is 564 g/mol. The number of esters is 3. The van der Waals surface area contributed by atoms with Gasteiger partial charge < -0.3 is 14.2 Å². The van der Waals surface area contributed by atoms with Crippen LogP contribution in [0, 0.1) is 5.92 Å². The summed E-state index contributed by atoms with van der Waals surface area (Å²) in [7, 11) is 0. The minimum absolute atomic E-state index is 0.0128. The van der Waals surface area contributed by atoms with E-state index in [0.29, 0.717) is 29.5 Å². The second kappa shape index (κ2) is 14.9. The molecule has 3 rings (SSSR count). The van der Waals surface area contributed by atoms with Gasteiger partial charge in [-0.05, 0) is 88.1 Å². The Bertz CT molecular complexity index is 1340. The highest BCUT2D eigenvalue weighted by Gasteiger charge is 2.20. The van der Waals surface area contributed by atoms with E-state index in [4.69, 9.17) is 14.2 Å². The van der Waals surface area contributed by atoms with E-state index in [2.05, 4.69) is 62.3 Å².